The number of carbonyl (C=O) groups excluding carboxylic acids is 1. The number of hydrogen-bond donors (Lipinski definition) is 1. The SMILES string of the molecule is CCC1C(=O)OCc2c1cc1n(c2=O)Cc2c-1nc1cc(F)c(C)c3c1c2C(NC)CC3. The number of cyclic esters (lactones) is 1. The first-order valence-electron chi connectivity index (χ1n) is 11.2. The van der Waals surface area contributed by atoms with Gasteiger partial charge in [0.25, 0.3) is 5.56 Å². The summed E-state index contributed by atoms with van der Waals surface area (Å²) in [5, 5.41) is 4.43. The molecule has 2 aromatic heterocycles. The van der Waals surface area contributed by atoms with Crippen LogP contribution in [0.4, 0.5) is 4.39 Å². The Morgan fingerprint density at radius 3 is 2.81 bits per heavy atom. The summed E-state index contributed by atoms with van der Waals surface area (Å²) in [6.45, 7) is 4.18. The Labute approximate surface area is 184 Å². The molecule has 1 aliphatic carbocycles. The van der Waals surface area contributed by atoms with Gasteiger partial charge >= 0.3 is 5.97 Å². The van der Waals surface area contributed by atoms with Gasteiger partial charge in [0.05, 0.1) is 34.9 Å². The summed E-state index contributed by atoms with van der Waals surface area (Å²) < 4.78 is 21.8. The molecule has 1 aromatic carbocycles. The highest BCUT2D eigenvalue weighted by atomic mass is 19.1. The minimum atomic E-state index is -0.447. The highest BCUT2D eigenvalue weighted by Gasteiger charge is 2.37. The zero-order chi connectivity index (χ0) is 22.3. The molecule has 3 aliphatic rings. The zero-order valence-electron chi connectivity index (χ0n) is 18.3. The van der Waals surface area contributed by atoms with Crippen molar-refractivity contribution in [1.29, 1.82) is 0 Å². The summed E-state index contributed by atoms with van der Waals surface area (Å²) in [4.78, 5) is 30.7. The van der Waals surface area contributed by atoms with Crippen molar-refractivity contribution in [3.63, 3.8) is 0 Å². The van der Waals surface area contributed by atoms with Crippen LogP contribution in [0.1, 0.15) is 65.1 Å². The maximum Gasteiger partial charge on any atom is 0.313 e. The minimum Gasteiger partial charge on any atom is -0.460 e. The number of carbonyl (C=O) groups is 1. The van der Waals surface area contributed by atoms with Crippen molar-refractivity contribution in [2.75, 3.05) is 7.05 Å². The molecule has 2 aliphatic heterocycles. The van der Waals surface area contributed by atoms with E-state index in [1.165, 1.54) is 6.07 Å². The first kappa shape index (κ1) is 19.6. The normalized spacial score (nSPS) is 20.7. The number of ether oxygens (including phenoxy) is 1. The minimum absolute atomic E-state index is 0.0100. The van der Waals surface area contributed by atoms with Gasteiger partial charge in [-0.3, -0.25) is 9.59 Å². The van der Waals surface area contributed by atoms with Gasteiger partial charge in [0, 0.05) is 23.1 Å². The van der Waals surface area contributed by atoms with Crippen LogP contribution in [0.2, 0.25) is 0 Å². The predicted molar refractivity (Wildman–Crippen MR) is 118 cm³/mol. The van der Waals surface area contributed by atoms with E-state index in [2.05, 4.69) is 5.32 Å². The highest BCUT2D eigenvalue weighted by Crippen LogP contribution is 2.45. The summed E-state index contributed by atoms with van der Waals surface area (Å²) >= 11 is 0. The van der Waals surface area contributed by atoms with Crippen molar-refractivity contribution in [2.24, 2.45) is 0 Å². The number of hydrogen-bond acceptors (Lipinski definition) is 5. The number of pyridine rings is 2. The van der Waals surface area contributed by atoms with E-state index in [0.29, 0.717) is 35.3 Å². The van der Waals surface area contributed by atoms with E-state index in [0.717, 1.165) is 46.2 Å². The first-order valence-corrected chi connectivity index (χ1v) is 11.2. The van der Waals surface area contributed by atoms with Crippen molar-refractivity contribution in [3.8, 4) is 11.4 Å². The second kappa shape index (κ2) is 6.72. The summed E-state index contributed by atoms with van der Waals surface area (Å²) in [6, 6.07) is 3.56. The maximum absolute atomic E-state index is 14.7. The Hall–Kier alpha value is -3.06. The second-order valence-corrected chi connectivity index (χ2v) is 9.01. The van der Waals surface area contributed by atoms with E-state index < -0.39 is 5.92 Å². The number of aryl methyl sites for hydroxylation is 1. The molecule has 2 atom stereocenters. The van der Waals surface area contributed by atoms with Gasteiger partial charge < -0.3 is 14.6 Å². The number of fused-ring (bicyclic) bond motifs is 5. The summed E-state index contributed by atoms with van der Waals surface area (Å²) in [6.07, 6.45) is 2.22. The number of nitrogens with one attached hydrogen (secondary N) is 1. The van der Waals surface area contributed by atoms with Crippen LogP contribution >= 0.6 is 0 Å². The average Bonchev–Trinajstić information content (AvgIpc) is 3.16. The van der Waals surface area contributed by atoms with E-state index in [-0.39, 0.29) is 30.0 Å². The van der Waals surface area contributed by atoms with Crippen LogP contribution in [0.3, 0.4) is 0 Å². The molecule has 0 spiro atoms. The van der Waals surface area contributed by atoms with Crippen LogP contribution in [-0.4, -0.2) is 22.6 Å². The predicted octanol–water partition coefficient (Wildman–Crippen LogP) is 3.63. The molecule has 0 fully saturated rings. The standard InChI is InChI=1S/C25H24FN3O3/c1-4-12-14-7-20-23-15(9-29(20)24(30)16(14)10-32-25(12)31)22-18(27-3)6-5-13-11(2)17(26)8-19(28-23)21(13)22/h7-8,12,18,27H,4-6,9-10H2,1-3H3. The molecule has 0 saturated carbocycles. The van der Waals surface area contributed by atoms with Crippen molar-refractivity contribution in [3.05, 3.63) is 61.7 Å². The monoisotopic (exact) mass is 433 g/mol. The number of aromatic nitrogens is 2. The maximum atomic E-state index is 14.7. The van der Waals surface area contributed by atoms with E-state index in [1.807, 2.05) is 27.0 Å². The smallest absolute Gasteiger partial charge is 0.313 e. The van der Waals surface area contributed by atoms with E-state index >= 15 is 0 Å². The quantitative estimate of drug-likeness (QED) is 0.489. The van der Waals surface area contributed by atoms with Crippen LogP contribution in [0.5, 0.6) is 0 Å². The van der Waals surface area contributed by atoms with Gasteiger partial charge in [-0.05, 0) is 61.6 Å². The molecule has 164 valence electrons. The van der Waals surface area contributed by atoms with Crippen molar-refractivity contribution < 1.29 is 13.9 Å². The fraction of sp³-hybridized carbons (Fsp3) is 0.400. The summed E-state index contributed by atoms with van der Waals surface area (Å²) in [5.41, 5.74) is 7.06. The number of benzene rings is 1. The molecule has 6 nitrogen and oxygen atoms in total. The first-order chi connectivity index (χ1) is 15.4. The molecule has 0 radical (unpaired) electrons. The molecule has 4 heterocycles. The van der Waals surface area contributed by atoms with Gasteiger partial charge in [0.1, 0.15) is 12.4 Å². The largest absolute Gasteiger partial charge is 0.460 e. The lowest BCUT2D eigenvalue weighted by atomic mass is 9.82. The lowest BCUT2D eigenvalue weighted by Crippen LogP contribution is -2.32. The Kier molecular flexibility index (Phi) is 4.12. The Morgan fingerprint density at radius 1 is 1.25 bits per heavy atom. The van der Waals surface area contributed by atoms with E-state index in [1.54, 1.807) is 4.57 Å². The molecule has 6 rings (SSSR count). The van der Waals surface area contributed by atoms with Crippen LogP contribution < -0.4 is 10.9 Å². The number of halogens is 1. The Balaban J connectivity index is 1.69. The molecule has 3 aromatic rings. The van der Waals surface area contributed by atoms with Crippen molar-refractivity contribution >= 4 is 16.9 Å². The molecule has 7 heteroatoms. The fourth-order valence-corrected chi connectivity index (χ4v) is 5.87. The topological polar surface area (TPSA) is 73.2 Å². The second-order valence-electron chi connectivity index (χ2n) is 9.01. The Bertz CT molecular complexity index is 1410. The number of rotatable bonds is 2. The van der Waals surface area contributed by atoms with Gasteiger partial charge in [-0.15, -0.1) is 0 Å². The molecular weight excluding hydrogens is 409 g/mol. The van der Waals surface area contributed by atoms with E-state index in [9.17, 15) is 14.0 Å². The van der Waals surface area contributed by atoms with Crippen LogP contribution in [0, 0.1) is 12.7 Å². The lowest BCUT2D eigenvalue weighted by Gasteiger charge is -2.28. The van der Waals surface area contributed by atoms with Gasteiger partial charge in [-0.25, -0.2) is 9.37 Å². The third kappa shape index (κ3) is 2.40. The molecule has 0 amide bonds. The molecule has 2 unspecified atom stereocenters. The number of nitrogens with zero attached hydrogens (tertiary/aromatic N) is 2. The molecular formula is C25H24FN3O3. The third-order valence-corrected chi connectivity index (χ3v) is 7.55. The van der Waals surface area contributed by atoms with Gasteiger partial charge in [0.15, 0.2) is 0 Å². The van der Waals surface area contributed by atoms with Gasteiger partial charge in [-0.1, -0.05) is 6.92 Å². The van der Waals surface area contributed by atoms with Crippen molar-refractivity contribution in [2.45, 2.75) is 58.2 Å². The summed E-state index contributed by atoms with van der Waals surface area (Å²) in [5.74, 6) is -0.984. The molecule has 32 heavy (non-hydrogen) atoms. The molecule has 0 saturated heterocycles. The highest BCUT2D eigenvalue weighted by molar-refractivity contribution is 5.93. The lowest BCUT2D eigenvalue weighted by molar-refractivity contribution is -0.148. The number of esters is 1. The van der Waals surface area contributed by atoms with Crippen molar-refractivity contribution in [1.82, 2.24) is 14.9 Å². The van der Waals surface area contributed by atoms with Crippen LogP contribution in [0.25, 0.3) is 22.3 Å². The zero-order valence-corrected chi connectivity index (χ0v) is 18.3. The van der Waals surface area contributed by atoms with Crippen LogP contribution in [-0.2, 0) is 29.1 Å². The Morgan fingerprint density at radius 2 is 2.06 bits per heavy atom. The van der Waals surface area contributed by atoms with Crippen LogP contribution in [0.15, 0.2) is 16.9 Å². The molecule has 0 bridgehead atoms. The van der Waals surface area contributed by atoms with Gasteiger partial charge in [-0.2, -0.15) is 0 Å². The average molecular weight is 433 g/mol. The fourth-order valence-electron chi connectivity index (χ4n) is 5.87. The van der Waals surface area contributed by atoms with Gasteiger partial charge in [0.2, 0.25) is 0 Å². The van der Waals surface area contributed by atoms with E-state index in [4.69, 9.17) is 9.72 Å². The third-order valence-electron chi connectivity index (χ3n) is 7.55. The molecule has 1 N–H and O–H groups in total. The summed E-state index contributed by atoms with van der Waals surface area (Å²) in [7, 11) is 1.94.